The zero-order valence-electron chi connectivity index (χ0n) is 13.3. The van der Waals surface area contributed by atoms with Crippen molar-refractivity contribution in [1.29, 1.82) is 0 Å². The lowest BCUT2D eigenvalue weighted by atomic mass is 9.63. The van der Waals surface area contributed by atoms with Gasteiger partial charge in [0.1, 0.15) is 5.75 Å². The Morgan fingerprint density at radius 2 is 1.71 bits per heavy atom. The molecule has 6 rings (SSSR count). The van der Waals surface area contributed by atoms with Crippen LogP contribution in [0, 0.1) is 35.5 Å². The molecule has 0 N–H and O–H groups in total. The van der Waals surface area contributed by atoms with E-state index in [9.17, 15) is 9.59 Å². The van der Waals surface area contributed by atoms with E-state index in [1.807, 2.05) is 24.3 Å². The van der Waals surface area contributed by atoms with E-state index in [0.29, 0.717) is 17.6 Å². The number of imide groups is 1. The number of ether oxygens (including phenoxy) is 1. The van der Waals surface area contributed by atoms with E-state index in [-0.39, 0.29) is 35.5 Å². The monoisotopic (exact) mass is 322 g/mol. The number of hydrazone groups is 1. The van der Waals surface area contributed by atoms with Gasteiger partial charge in [-0.3, -0.25) is 9.59 Å². The van der Waals surface area contributed by atoms with E-state index < -0.39 is 0 Å². The fourth-order valence-electron chi connectivity index (χ4n) is 4.95. The Morgan fingerprint density at radius 3 is 2.33 bits per heavy atom. The van der Waals surface area contributed by atoms with Crippen molar-refractivity contribution in [3.8, 4) is 5.75 Å². The Balaban J connectivity index is 1.45. The summed E-state index contributed by atoms with van der Waals surface area (Å²) in [5.41, 5.74) is 0.749. The van der Waals surface area contributed by atoms with Crippen molar-refractivity contribution in [3.05, 3.63) is 42.0 Å². The van der Waals surface area contributed by atoms with Crippen LogP contribution in [0.3, 0.4) is 0 Å². The average molecular weight is 322 g/mol. The smallest absolute Gasteiger partial charge is 0.254 e. The van der Waals surface area contributed by atoms with Gasteiger partial charge in [0.05, 0.1) is 25.2 Å². The third kappa shape index (κ3) is 1.72. The second-order valence-corrected chi connectivity index (χ2v) is 7.13. The van der Waals surface area contributed by atoms with Gasteiger partial charge < -0.3 is 4.74 Å². The van der Waals surface area contributed by atoms with E-state index in [4.69, 9.17) is 4.74 Å². The fourth-order valence-corrected chi connectivity index (χ4v) is 4.95. The molecule has 2 bridgehead atoms. The number of hydrogen-bond donors (Lipinski definition) is 0. The molecule has 1 aromatic rings. The van der Waals surface area contributed by atoms with Gasteiger partial charge in [0.15, 0.2) is 0 Å². The van der Waals surface area contributed by atoms with Crippen LogP contribution in [0.2, 0.25) is 0 Å². The maximum absolute atomic E-state index is 12.8. The molecule has 24 heavy (non-hydrogen) atoms. The van der Waals surface area contributed by atoms with Crippen molar-refractivity contribution in [2.24, 2.45) is 40.6 Å². The summed E-state index contributed by atoms with van der Waals surface area (Å²) < 4.78 is 5.28. The summed E-state index contributed by atoms with van der Waals surface area (Å²) in [6, 6.07) is 7.41. The molecule has 2 amide bonds. The lowest BCUT2D eigenvalue weighted by Gasteiger charge is -2.37. The Bertz CT molecular complexity index is 764. The van der Waals surface area contributed by atoms with Crippen LogP contribution in [-0.2, 0) is 9.59 Å². The SMILES string of the molecule is COc1ccccc1/C=N\N1C(=O)[C@@H]2[C@H]3C=C[C@@H]([C@@H]4C[C@H]34)[C@H]2C1=O. The van der Waals surface area contributed by atoms with Crippen molar-refractivity contribution >= 4 is 18.0 Å². The van der Waals surface area contributed by atoms with Gasteiger partial charge in [0, 0.05) is 5.56 Å². The molecule has 1 aliphatic heterocycles. The van der Waals surface area contributed by atoms with Crippen LogP contribution in [0.1, 0.15) is 12.0 Å². The first-order valence-electron chi connectivity index (χ1n) is 8.44. The number of hydrogen-bond acceptors (Lipinski definition) is 4. The van der Waals surface area contributed by atoms with Crippen LogP contribution in [-0.4, -0.2) is 30.1 Å². The van der Waals surface area contributed by atoms with E-state index >= 15 is 0 Å². The first-order chi connectivity index (χ1) is 11.7. The van der Waals surface area contributed by atoms with Gasteiger partial charge >= 0.3 is 0 Å². The minimum absolute atomic E-state index is 0.138. The summed E-state index contributed by atoms with van der Waals surface area (Å²) in [5.74, 6) is 1.66. The number of methoxy groups -OCH3 is 1. The van der Waals surface area contributed by atoms with Crippen molar-refractivity contribution in [2.45, 2.75) is 6.42 Å². The number of benzene rings is 1. The Kier molecular flexibility index (Phi) is 2.78. The fraction of sp³-hybridized carbons (Fsp3) is 0.421. The molecule has 5 nitrogen and oxygen atoms in total. The van der Waals surface area contributed by atoms with Crippen molar-refractivity contribution in [3.63, 3.8) is 0 Å². The molecular weight excluding hydrogens is 304 g/mol. The lowest BCUT2D eigenvalue weighted by molar-refractivity contribution is -0.140. The van der Waals surface area contributed by atoms with Gasteiger partial charge in [0.25, 0.3) is 11.8 Å². The number of nitrogens with zero attached hydrogens (tertiary/aromatic N) is 2. The minimum Gasteiger partial charge on any atom is -0.496 e. The summed E-state index contributed by atoms with van der Waals surface area (Å²) in [6.07, 6.45) is 7.04. The Morgan fingerprint density at radius 1 is 1.08 bits per heavy atom. The van der Waals surface area contributed by atoms with Crippen molar-refractivity contribution in [2.75, 3.05) is 7.11 Å². The molecule has 0 unspecified atom stereocenters. The van der Waals surface area contributed by atoms with Crippen LogP contribution in [0.4, 0.5) is 0 Å². The standard InChI is InChI=1S/C19H18N2O3/c1-24-15-5-3-2-4-10(15)9-20-21-18(22)16-11-6-7-12(14-8-13(11)14)17(16)19(21)23/h2-7,9,11-14,16-17H,8H2,1H3/b20-9-/t11-,12-,13-,14+,16+,17+/m0/s1. The van der Waals surface area contributed by atoms with Gasteiger partial charge in [-0.1, -0.05) is 24.3 Å². The number of carbonyl (C=O) groups excluding carboxylic acids is 2. The molecule has 1 aromatic carbocycles. The summed E-state index contributed by atoms with van der Waals surface area (Å²) >= 11 is 0. The zero-order valence-corrected chi connectivity index (χ0v) is 13.3. The second-order valence-electron chi connectivity index (χ2n) is 7.13. The third-order valence-corrected chi connectivity index (χ3v) is 6.09. The molecule has 0 spiro atoms. The van der Waals surface area contributed by atoms with Crippen LogP contribution >= 0.6 is 0 Å². The predicted molar refractivity (Wildman–Crippen MR) is 87.1 cm³/mol. The molecule has 5 aliphatic rings. The van der Waals surface area contributed by atoms with Crippen molar-refractivity contribution in [1.82, 2.24) is 5.01 Å². The molecule has 122 valence electrons. The number of carbonyl (C=O) groups is 2. The van der Waals surface area contributed by atoms with E-state index in [1.54, 1.807) is 13.3 Å². The number of allylic oxidation sites excluding steroid dienone is 2. The molecule has 1 saturated heterocycles. The van der Waals surface area contributed by atoms with Gasteiger partial charge in [-0.2, -0.15) is 10.1 Å². The molecular formula is C19H18N2O3. The maximum Gasteiger partial charge on any atom is 0.254 e. The molecule has 0 radical (unpaired) electrons. The summed E-state index contributed by atoms with van der Waals surface area (Å²) in [4.78, 5) is 25.6. The van der Waals surface area contributed by atoms with Crippen LogP contribution in [0.25, 0.3) is 0 Å². The highest BCUT2D eigenvalue weighted by Gasteiger charge is 2.67. The highest BCUT2D eigenvalue weighted by atomic mass is 16.5. The maximum atomic E-state index is 12.8. The summed E-state index contributed by atoms with van der Waals surface area (Å²) in [6.45, 7) is 0. The van der Waals surface area contributed by atoms with Gasteiger partial charge in [0.2, 0.25) is 0 Å². The van der Waals surface area contributed by atoms with E-state index in [1.165, 1.54) is 6.42 Å². The topological polar surface area (TPSA) is 59.0 Å². The Labute approximate surface area is 140 Å². The van der Waals surface area contributed by atoms with Crippen LogP contribution in [0.15, 0.2) is 41.5 Å². The van der Waals surface area contributed by atoms with Gasteiger partial charge in [-0.05, 0) is 42.2 Å². The van der Waals surface area contributed by atoms with Crippen LogP contribution < -0.4 is 4.74 Å². The quantitative estimate of drug-likeness (QED) is 0.486. The Hall–Kier alpha value is -2.43. The zero-order chi connectivity index (χ0) is 16.4. The number of rotatable bonds is 3. The largest absolute Gasteiger partial charge is 0.496 e. The summed E-state index contributed by atoms with van der Waals surface area (Å²) in [7, 11) is 1.59. The first kappa shape index (κ1) is 14.0. The predicted octanol–water partition coefficient (Wildman–Crippen LogP) is 2.08. The van der Waals surface area contributed by atoms with Gasteiger partial charge in [-0.25, -0.2) is 0 Å². The first-order valence-corrected chi connectivity index (χ1v) is 8.44. The molecule has 4 aliphatic carbocycles. The highest BCUT2D eigenvalue weighted by molar-refractivity contribution is 6.06. The average Bonchev–Trinajstić information content (AvgIpc) is 3.39. The van der Waals surface area contributed by atoms with Crippen molar-refractivity contribution < 1.29 is 14.3 Å². The van der Waals surface area contributed by atoms with E-state index in [0.717, 1.165) is 10.6 Å². The van der Waals surface area contributed by atoms with Crippen LogP contribution in [0.5, 0.6) is 5.75 Å². The molecule has 5 heteroatoms. The molecule has 3 fully saturated rings. The van der Waals surface area contributed by atoms with E-state index in [2.05, 4.69) is 17.3 Å². The molecule has 2 saturated carbocycles. The minimum atomic E-state index is -0.203. The summed E-state index contributed by atoms with van der Waals surface area (Å²) in [5, 5.41) is 5.32. The molecule has 6 atom stereocenters. The number of para-hydroxylation sites is 1. The third-order valence-electron chi connectivity index (χ3n) is 6.09. The molecule has 1 heterocycles. The lowest BCUT2D eigenvalue weighted by Crippen LogP contribution is -2.40. The van der Waals surface area contributed by atoms with Gasteiger partial charge in [-0.15, -0.1) is 0 Å². The second kappa shape index (κ2) is 4.79. The highest BCUT2D eigenvalue weighted by Crippen LogP contribution is 2.65. The molecule has 0 aromatic heterocycles. The normalized spacial score (nSPS) is 38.6. The number of amides is 2.